The second-order valence-corrected chi connectivity index (χ2v) is 3.89. The monoisotopic (exact) mass is 262 g/mol. The number of carbonyl (C=O) groups is 2. The van der Waals surface area contributed by atoms with E-state index in [1.807, 2.05) is 0 Å². The molecule has 3 N–H and O–H groups in total. The molecule has 6 nitrogen and oxygen atoms in total. The van der Waals surface area contributed by atoms with Crippen molar-refractivity contribution in [2.45, 2.75) is 6.92 Å². The molecule has 100 valence electrons. The van der Waals surface area contributed by atoms with Crippen LogP contribution in [0, 0.1) is 0 Å². The van der Waals surface area contributed by atoms with Crippen LogP contribution in [-0.2, 0) is 9.47 Å². The first-order valence-electron chi connectivity index (χ1n) is 5.75. The lowest BCUT2D eigenvalue weighted by Crippen LogP contribution is -2.06. The summed E-state index contributed by atoms with van der Waals surface area (Å²) < 4.78 is 9.59. The number of nitrogens with one attached hydrogen (secondary N) is 1. The molecule has 0 fully saturated rings. The van der Waals surface area contributed by atoms with Gasteiger partial charge in [-0.1, -0.05) is 0 Å². The molecule has 0 amide bonds. The smallest absolute Gasteiger partial charge is 0.342 e. The number of aromatic amines is 1. The number of hydrogen-bond acceptors (Lipinski definition) is 5. The van der Waals surface area contributed by atoms with Gasteiger partial charge >= 0.3 is 11.9 Å². The molecule has 0 aliphatic rings. The lowest BCUT2D eigenvalue weighted by molar-refractivity contribution is 0.0525. The van der Waals surface area contributed by atoms with Crippen LogP contribution in [0.3, 0.4) is 0 Å². The van der Waals surface area contributed by atoms with Crippen molar-refractivity contribution in [3.8, 4) is 0 Å². The molecular weight excluding hydrogens is 248 g/mol. The van der Waals surface area contributed by atoms with Gasteiger partial charge in [0.2, 0.25) is 0 Å². The van der Waals surface area contributed by atoms with Gasteiger partial charge < -0.3 is 20.2 Å². The van der Waals surface area contributed by atoms with Crippen molar-refractivity contribution in [3.05, 3.63) is 29.3 Å². The van der Waals surface area contributed by atoms with Crippen LogP contribution >= 0.6 is 0 Å². The molecule has 0 aliphatic carbocycles. The normalized spacial score (nSPS) is 10.4. The van der Waals surface area contributed by atoms with Gasteiger partial charge in [0.05, 0.1) is 19.3 Å². The minimum atomic E-state index is -0.551. The molecule has 19 heavy (non-hydrogen) atoms. The highest BCUT2D eigenvalue weighted by molar-refractivity contribution is 6.10. The minimum absolute atomic E-state index is 0.211. The fraction of sp³-hybridized carbons (Fsp3) is 0.231. The fourth-order valence-electron chi connectivity index (χ4n) is 1.88. The summed E-state index contributed by atoms with van der Waals surface area (Å²) in [6.07, 6.45) is 0. The van der Waals surface area contributed by atoms with Crippen LogP contribution in [0.15, 0.2) is 18.2 Å². The predicted octanol–water partition coefficient (Wildman–Crippen LogP) is 1.71. The Balaban J connectivity index is 2.57. The van der Waals surface area contributed by atoms with E-state index in [0.29, 0.717) is 16.5 Å². The van der Waals surface area contributed by atoms with Gasteiger partial charge in [-0.2, -0.15) is 0 Å². The van der Waals surface area contributed by atoms with Crippen molar-refractivity contribution in [1.29, 1.82) is 0 Å². The fourth-order valence-corrected chi connectivity index (χ4v) is 1.88. The van der Waals surface area contributed by atoms with Crippen molar-refractivity contribution in [2.24, 2.45) is 0 Å². The van der Waals surface area contributed by atoms with Crippen LogP contribution < -0.4 is 5.73 Å². The summed E-state index contributed by atoms with van der Waals surface area (Å²) in [6, 6.07) is 4.84. The number of rotatable bonds is 3. The van der Waals surface area contributed by atoms with E-state index in [2.05, 4.69) is 9.72 Å². The second kappa shape index (κ2) is 5.01. The number of carbonyl (C=O) groups excluding carboxylic acids is 2. The standard InChI is InChI=1S/C13H14N2O4/c1-3-19-12(16)7-4-5-9-8(6-7)10(11(14)15-9)13(17)18-2/h4-6,15H,3,14H2,1-2H3. The number of hydrogen-bond donors (Lipinski definition) is 2. The molecule has 0 spiro atoms. The van der Waals surface area contributed by atoms with Crippen LogP contribution in [0.4, 0.5) is 5.82 Å². The summed E-state index contributed by atoms with van der Waals surface area (Å²) in [6.45, 7) is 2.01. The number of nitrogens with two attached hydrogens (primary N) is 1. The number of nitrogen functional groups attached to an aromatic ring is 1. The van der Waals surface area contributed by atoms with Gasteiger partial charge in [0.15, 0.2) is 0 Å². The van der Waals surface area contributed by atoms with Gasteiger partial charge in [0, 0.05) is 10.9 Å². The first-order valence-corrected chi connectivity index (χ1v) is 5.75. The van der Waals surface area contributed by atoms with Gasteiger partial charge in [-0.25, -0.2) is 9.59 Å². The number of H-pyrrole nitrogens is 1. The number of fused-ring (bicyclic) bond motifs is 1. The van der Waals surface area contributed by atoms with E-state index in [-0.39, 0.29) is 18.0 Å². The third-order valence-electron chi connectivity index (χ3n) is 2.73. The summed E-state index contributed by atoms with van der Waals surface area (Å²) in [7, 11) is 1.27. The maximum Gasteiger partial charge on any atom is 0.342 e. The first kappa shape index (κ1) is 12.9. The number of methoxy groups -OCH3 is 1. The quantitative estimate of drug-likeness (QED) is 0.821. The van der Waals surface area contributed by atoms with Gasteiger partial charge in [-0.15, -0.1) is 0 Å². The third-order valence-corrected chi connectivity index (χ3v) is 2.73. The molecule has 0 atom stereocenters. The average molecular weight is 262 g/mol. The van der Waals surface area contributed by atoms with E-state index >= 15 is 0 Å². The van der Waals surface area contributed by atoms with Crippen LogP contribution in [0.2, 0.25) is 0 Å². The number of ether oxygens (including phenoxy) is 2. The second-order valence-electron chi connectivity index (χ2n) is 3.89. The molecule has 0 unspecified atom stereocenters. The van der Waals surface area contributed by atoms with Gasteiger partial charge in [0.25, 0.3) is 0 Å². The van der Waals surface area contributed by atoms with Crippen molar-refractivity contribution in [2.75, 3.05) is 19.5 Å². The molecule has 0 bridgehead atoms. The Morgan fingerprint density at radius 1 is 1.32 bits per heavy atom. The van der Waals surface area contributed by atoms with Gasteiger partial charge in [0.1, 0.15) is 11.4 Å². The van der Waals surface area contributed by atoms with Crippen molar-refractivity contribution in [3.63, 3.8) is 0 Å². The highest BCUT2D eigenvalue weighted by Gasteiger charge is 2.19. The van der Waals surface area contributed by atoms with E-state index in [1.165, 1.54) is 7.11 Å². The molecule has 0 saturated heterocycles. The largest absolute Gasteiger partial charge is 0.465 e. The molecule has 1 aromatic heterocycles. The maximum atomic E-state index is 11.7. The zero-order valence-electron chi connectivity index (χ0n) is 10.6. The molecule has 0 radical (unpaired) electrons. The van der Waals surface area contributed by atoms with E-state index in [4.69, 9.17) is 10.5 Å². The molecule has 1 heterocycles. The predicted molar refractivity (Wildman–Crippen MR) is 70.0 cm³/mol. The summed E-state index contributed by atoms with van der Waals surface area (Å²) in [5.41, 5.74) is 6.99. The summed E-state index contributed by atoms with van der Waals surface area (Å²) in [5, 5.41) is 0.537. The Bertz CT molecular complexity index is 645. The van der Waals surface area contributed by atoms with E-state index in [9.17, 15) is 9.59 Å². The van der Waals surface area contributed by atoms with E-state index in [1.54, 1.807) is 25.1 Å². The Hall–Kier alpha value is -2.50. The van der Waals surface area contributed by atoms with Crippen LogP contribution in [0.1, 0.15) is 27.6 Å². The minimum Gasteiger partial charge on any atom is -0.465 e. The third kappa shape index (κ3) is 2.24. The zero-order chi connectivity index (χ0) is 14.0. The lowest BCUT2D eigenvalue weighted by atomic mass is 10.1. The SMILES string of the molecule is CCOC(=O)c1ccc2[nH]c(N)c(C(=O)OC)c2c1. The van der Waals surface area contributed by atoms with E-state index in [0.717, 1.165) is 0 Å². The number of anilines is 1. The highest BCUT2D eigenvalue weighted by atomic mass is 16.5. The molecule has 1 aromatic carbocycles. The number of aromatic nitrogens is 1. The molecule has 2 rings (SSSR count). The van der Waals surface area contributed by atoms with Crippen molar-refractivity contribution < 1.29 is 19.1 Å². The van der Waals surface area contributed by atoms with Gasteiger partial charge in [-0.3, -0.25) is 0 Å². The molecule has 6 heteroatoms. The number of benzene rings is 1. The lowest BCUT2D eigenvalue weighted by Gasteiger charge is -2.02. The Morgan fingerprint density at radius 2 is 2.05 bits per heavy atom. The average Bonchev–Trinajstić information content (AvgIpc) is 2.73. The molecule has 0 aliphatic heterocycles. The Kier molecular flexibility index (Phi) is 3.41. The topological polar surface area (TPSA) is 94.4 Å². The van der Waals surface area contributed by atoms with Gasteiger partial charge in [-0.05, 0) is 25.1 Å². The molecular formula is C13H14N2O4. The number of esters is 2. The Labute approximate surface area is 109 Å². The van der Waals surface area contributed by atoms with Crippen molar-refractivity contribution >= 4 is 28.7 Å². The summed E-state index contributed by atoms with van der Waals surface area (Å²) >= 11 is 0. The zero-order valence-corrected chi connectivity index (χ0v) is 10.6. The van der Waals surface area contributed by atoms with Crippen LogP contribution in [0.5, 0.6) is 0 Å². The highest BCUT2D eigenvalue weighted by Crippen LogP contribution is 2.26. The van der Waals surface area contributed by atoms with Crippen molar-refractivity contribution in [1.82, 2.24) is 4.98 Å². The summed E-state index contributed by atoms with van der Waals surface area (Å²) in [4.78, 5) is 26.2. The van der Waals surface area contributed by atoms with Crippen LogP contribution in [-0.4, -0.2) is 30.6 Å². The van der Waals surface area contributed by atoms with E-state index < -0.39 is 11.9 Å². The maximum absolute atomic E-state index is 11.7. The summed E-state index contributed by atoms with van der Waals surface area (Å²) in [5.74, 6) is -0.785. The molecule has 2 aromatic rings. The van der Waals surface area contributed by atoms with Crippen LogP contribution in [0.25, 0.3) is 10.9 Å². The first-order chi connectivity index (χ1) is 9.08. The Morgan fingerprint density at radius 3 is 2.68 bits per heavy atom. The molecule has 0 saturated carbocycles.